The van der Waals surface area contributed by atoms with Crippen molar-refractivity contribution in [2.75, 3.05) is 0 Å². The maximum atomic E-state index is 12.6. The largest absolute Gasteiger partial charge is 0.481 e. The molecule has 0 aromatic heterocycles. The lowest BCUT2D eigenvalue weighted by atomic mass is 10.2. The molecule has 3 rings (SSSR count). The number of hydrazine groups is 1. The van der Waals surface area contributed by atoms with E-state index in [4.69, 9.17) is 10.00 Å². The van der Waals surface area contributed by atoms with E-state index in [1.807, 2.05) is 12.1 Å². The molecule has 0 radical (unpaired) electrons. The molecule has 0 spiro atoms. The molecule has 174 valence electrons. The summed E-state index contributed by atoms with van der Waals surface area (Å²) < 4.78 is 33.2. The van der Waals surface area contributed by atoms with Crippen LogP contribution >= 0.6 is 0 Å². The summed E-state index contributed by atoms with van der Waals surface area (Å²) in [4.78, 5) is 24.6. The summed E-state index contributed by atoms with van der Waals surface area (Å²) in [5.74, 6) is -1.01. The number of benzene rings is 3. The Balaban J connectivity index is 1.58. The molecule has 1 atom stereocenters. The van der Waals surface area contributed by atoms with Gasteiger partial charge in [-0.15, -0.1) is 0 Å². The molecule has 9 nitrogen and oxygen atoms in total. The van der Waals surface area contributed by atoms with Crippen LogP contribution < -0.4 is 20.3 Å². The minimum Gasteiger partial charge on any atom is -0.481 e. The van der Waals surface area contributed by atoms with Crippen molar-refractivity contribution in [3.8, 4) is 11.8 Å². The lowest BCUT2D eigenvalue weighted by Crippen LogP contribution is -2.47. The molecule has 0 bridgehead atoms. The third-order valence-electron chi connectivity index (χ3n) is 4.66. The van der Waals surface area contributed by atoms with E-state index in [0.29, 0.717) is 11.3 Å². The van der Waals surface area contributed by atoms with Gasteiger partial charge in [0.25, 0.3) is 11.8 Å². The van der Waals surface area contributed by atoms with Crippen LogP contribution in [0.25, 0.3) is 0 Å². The summed E-state index contributed by atoms with van der Waals surface area (Å²) in [6.45, 7) is 1.58. The van der Waals surface area contributed by atoms with E-state index < -0.39 is 27.9 Å². The average molecular weight is 479 g/mol. The fraction of sp³-hybridized carbons (Fsp3) is 0.125. The minimum atomic E-state index is -3.86. The Bertz CT molecular complexity index is 1320. The van der Waals surface area contributed by atoms with Crippen LogP contribution in [0.1, 0.15) is 28.4 Å². The average Bonchev–Trinajstić information content (AvgIpc) is 2.86. The second kappa shape index (κ2) is 11.1. The molecule has 10 heteroatoms. The number of amides is 2. The third kappa shape index (κ3) is 6.65. The van der Waals surface area contributed by atoms with Gasteiger partial charge in [0.05, 0.1) is 16.5 Å². The van der Waals surface area contributed by atoms with Crippen molar-refractivity contribution in [1.29, 1.82) is 5.26 Å². The van der Waals surface area contributed by atoms with Crippen molar-refractivity contribution in [2.45, 2.75) is 24.5 Å². The van der Waals surface area contributed by atoms with Crippen LogP contribution in [-0.2, 0) is 21.4 Å². The Hall–Kier alpha value is -4.20. The second-order valence-electron chi connectivity index (χ2n) is 7.18. The standard InChI is InChI=1S/C24H22N4O5S/c1-17(33-21-11-5-9-19(13-21)15-25)23(29)27-28-24(30)20-10-6-12-22(14-20)34(31,32)26-16-18-7-3-2-4-8-18/h2-14,17,26H,16H2,1H3,(H,27,29)(H,28,30). The topological polar surface area (TPSA) is 137 Å². The van der Waals surface area contributed by atoms with Gasteiger partial charge < -0.3 is 4.74 Å². The molecule has 0 aliphatic heterocycles. The Morgan fingerprint density at radius 3 is 2.44 bits per heavy atom. The third-order valence-corrected chi connectivity index (χ3v) is 6.06. The molecule has 3 N–H and O–H groups in total. The first-order chi connectivity index (χ1) is 16.3. The summed E-state index contributed by atoms with van der Waals surface area (Å²) in [5.41, 5.74) is 5.69. The Kier molecular flexibility index (Phi) is 7.97. The lowest BCUT2D eigenvalue weighted by molar-refractivity contribution is -0.128. The van der Waals surface area contributed by atoms with E-state index in [1.165, 1.54) is 37.3 Å². The van der Waals surface area contributed by atoms with E-state index in [0.717, 1.165) is 5.56 Å². The van der Waals surface area contributed by atoms with Crippen LogP contribution in [-0.4, -0.2) is 26.3 Å². The Morgan fingerprint density at radius 2 is 1.71 bits per heavy atom. The summed E-state index contributed by atoms with van der Waals surface area (Å²) in [5, 5.41) is 8.94. The first-order valence-electron chi connectivity index (χ1n) is 10.2. The van der Waals surface area contributed by atoms with Gasteiger partial charge in [0.15, 0.2) is 6.10 Å². The SMILES string of the molecule is CC(Oc1cccc(C#N)c1)C(=O)NNC(=O)c1cccc(S(=O)(=O)NCc2ccccc2)c1. The van der Waals surface area contributed by atoms with Gasteiger partial charge in [-0.3, -0.25) is 20.4 Å². The van der Waals surface area contributed by atoms with Crippen LogP contribution in [0.15, 0.2) is 83.8 Å². The molecule has 3 aromatic carbocycles. The smallest absolute Gasteiger partial charge is 0.279 e. The summed E-state index contributed by atoms with van der Waals surface area (Å²) in [7, 11) is -3.86. The van der Waals surface area contributed by atoms with Crippen LogP contribution in [0.2, 0.25) is 0 Å². The van der Waals surface area contributed by atoms with Crippen molar-refractivity contribution >= 4 is 21.8 Å². The predicted octanol–water partition coefficient (Wildman–Crippen LogP) is 2.27. The summed E-state index contributed by atoms with van der Waals surface area (Å²) in [6.07, 6.45) is -0.969. The first-order valence-corrected chi connectivity index (χ1v) is 11.7. The molecular weight excluding hydrogens is 456 g/mol. The number of nitriles is 1. The highest BCUT2D eigenvalue weighted by molar-refractivity contribution is 7.89. The fourth-order valence-electron chi connectivity index (χ4n) is 2.85. The molecule has 2 amide bonds. The number of nitrogens with zero attached hydrogens (tertiary/aromatic N) is 1. The zero-order valence-corrected chi connectivity index (χ0v) is 19.0. The van der Waals surface area contributed by atoms with Crippen LogP contribution in [0.4, 0.5) is 0 Å². The number of rotatable bonds is 8. The van der Waals surface area contributed by atoms with E-state index in [2.05, 4.69) is 15.6 Å². The Labute approximate surface area is 197 Å². The monoisotopic (exact) mass is 478 g/mol. The first kappa shape index (κ1) is 24.4. The number of nitrogens with one attached hydrogen (secondary N) is 3. The fourth-order valence-corrected chi connectivity index (χ4v) is 3.91. The predicted molar refractivity (Wildman–Crippen MR) is 124 cm³/mol. The van der Waals surface area contributed by atoms with Crippen molar-refractivity contribution in [1.82, 2.24) is 15.6 Å². The van der Waals surface area contributed by atoms with Crippen LogP contribution in [0.5, 0.6) is 5.75 Å². The molecule has 1 unspecified atom stereocenters. The van der Waals surface area contributed by atoms with Crippen molar-refractivity contribution in [2.24, 2.45) is 0 Å². The number of carbonyl (C=O) groups is 2. The minimum absolute atomic E-state index is 0.0400. The van der Waals surface area contributed by atoms with Crippen molar-refractivity contribution in [3.63, 3.8) is 0 Å². The maximum absolute atomic E-state index is 12.6. The maximum Gasteiger partial charge on any atom is 0.279 e. The zero-order valence-electron chi connectivity index (χ0n) is 18.2. The van der Waals surface area contributed by atoms with Gasteiger partial charge in [0.1, 0.15) is 5.75 Å². The quantitative estimate of drug-likeness (QED) is 0.425. The molecule has 0 aliphatic rings. The van der Waals surface area contributed by atoms with Crippen molar-refractivity contribution in [3.05, 3.63) is 95.6 Å². The zero-order chi connectivity index (χ0) is 24.6. The van der Waals surface area contributed by atoms with Gasteiger partial charge >= 0.3 is 0 Å². The van der Waals surface area contributed by atoms with E-state index in [1.54, 1.807) is 42.5 Å². The van der Waals surface area contributed by atoms with E-state index in [9.17, 15) is 18.0 Å². The van der Waals surface area contributed by atoms with Gasteiger partial charge in [-0.2, -0.15) is 5.26 Å². The van der Waals surface area contributed by atoms with Crippen LogP contribution in [0.3, 0.4) is 0 Å². The van der Waals surface area contributed by atoms with Crippen LogP contribution in [0, 0.1) is 11.3 Å². The molecular formula is C24H22N4O5S. The highest BCUT2D eigenvalue weighted by atomic mass is 32.2. The molecule has 3 aromatic rings. The van der Waals surface area contributed by atoms with E-state index in [-0.39, 0.29) is 17.0 Å². The normalized spacial score (nSPS) is 11.6. The van der Waals surface area contributed by atoms with Crippen molar-refractivity contribution < 1.29 is 22.7 Å². The van der Waals surface area contributed by atoms with E-state index >= 15 is 0 Å². The molecule has 0 saturated carbocycles. The Morgan fingerprint density at radius 1 is 0.971 bits per heavy atom. The highest BCUT2D eigenvalue weighted by Crippen LogP contribution is 2.15. The number of carbonyl (C=O) groups excluding carboxylic acids is 2. The van der Waals surface area contributed by atoms with Gasteiger partial charge in [0, 0.05) is 12.1 Å². The van der Waals surface area contributed by atoms with Gasteiger partial charge in [-0.1, -0.05) is 42.5 Å². The molecule has 34 heavy (non-hydrogen) atoms. The number of hydrogen-bond donors (Lipinski definition) is 3. The second-order valence-corrected chi connectivity index (χ2v) is 8.95. The molecule has 0 saturated heterocycles. The summed E-state index contributed by atoms with van der Waals surface area (Å²) >= 11 is 0. The van der Waals surface area contributed by atoms with Gasteiger partial charge in [0.2, 0.25) is 10.0 Å². The molecule has 0 aliphatic carbocycles. The molecule has 0 fully saturated rings. The van der Waals surface area contributed by atoms with Gasteiger partial charge in [-0.25, -0.2) is 13.1 Å². The number of sulfonamides is 1. The number of hydrogen-bond acceptors (Lipinski definition) is 6. The van der Waals surface area contributed by atoms with Gasteiger partial charge in [-0.05, 0) is 48.9 Å². The number of ether oxygens (including phenoxy) is 1. The lowest BCUT2D eigenvalue weighted by Gasteiger charge is -2.15. The summed E-state index contributed by atoms with van der Waals surface area (Å²) in [6, 6.07) is 22.7. The molecule has 0 heterocycles. The highest BCUT2D eigenvalue weighted by Gasteiger charge is 2.18.